The third-order valence-corrected chi connectivity index (χ3v) is 3.16. The number of hydrogen-bond acceptors (Lipinski definition) is 3. The minimum Gasteiger partial charge on any atom is -0.459 e. The van der Waals surface area contributed by atoms with Crippen LogP contribution in [0.25, 0.3) is 0 Å². The number of ketones is 1. The summed E-state index contributed by atoms with van der Waals surface area (Å²) in [5, 5.41) is 0. The first-order valence-electron chi connectivity index (χ1n) is 5.95. The molecule has 1 aliphatic rings. The second-order valence-corrected chi connectivity index (χ2v) is 4.54. The zero-order chi connectivity index (χ0) is 12.3. The van der Waals surface area contributed by atoms with Gasteiger partial charge in [0.2, 0.25) is 0 Å². The summed E-state index contributed by atoms with van der Waals surface area (Å²) < 4.78 is 5.40. The van der Waals surface area contributed by atoms with Crippen LogP contribution >= 0.6 is 0 Å². The van der Waals surface area contributed by atoms with Crippen LogP contribution in [0, 0.1) is 5.92 Å². The summed E-state index contributed by atoms with van der Waals surface area (Å²) in [6, 6.07) is 8.95. The average Bonchev–Trinajstić information content (AvgIpc) is 2.35. The van der Waals surface area contributed by atoms with Gasteiger partial charge >= 0.3 is 5.97 Å². The highest BCUT2D eigenvalue weighted by Gasteiger charge is 2.27. The fraction of sp³-hybridized carbons (Fsp3) is 0.429. The van der Waals surface area contributed by atoms with Gasteiger partial charge in [-0.15, -0.1) is 0 Å². The van der Waals surface area contributed by atoms with Gasteiger partial charge in [0.25, 0.3) is 0 Å². The molecule has 1 aromatic carbocycles. The zero-order valence-electron chi connectivity index (χ0n) is 9.89. The summed E-state index contributed by atoms with van der Waals surface area (Å²) in [5.41, 5.74) is 0.567. The SMILES string of the molecule is C[C@@H]1C[C@H](OC(=O)c2ccccc2)CCC1=O. The Morgan fingerprint density at radius 1 is 1.29 bits per heavy atom. The highest BCUT2D eigenvalue weighted by Crippen LogP contribution is 2.23. The predicted molar refractivity (Wildman–Crippen MR) is 63.7 cm³/mol. The summed E-state index contributed by atoms with van der Waals surface area (Å²) in [4.78, 5) is 23.1. The van der Waals surface area contributed by atoms with Crippen molar-refractivity contribution in [2.75, 3.05) is 0 Å². The summed E-state index contributed by atoms with van der Waals surface area (Å²) in [6.45, 7) is 1.89. The van der Waals surface area contributed by atoms with Crippen molar-refractivity contribution in [1.29, 1.82) is 0 Å². The molecule has 90 valence electrons. The van der Waals surface area contributed by atoms with Crippen LogP contribution in [0.3, 0.4) is 0 Å². The fourth-order valence-electron chi connectivity index (χ4n) is 2.09. The summed E-state index contributed by atoms with van der Waals surface area (Å²) in [6.07, 6.45) is 1.71. The van der Waals surface area contributed by atoms with Crippen LogP contribution in [0.1, 0.15) is 36.5 Å². The first kappa shape index (κ1) is 11.8. The Balaban J connectivity index is 1.94. The molecule has 1 aliphatic carbocycles. The van der Waals surface area contributed by atoms with Crippen LogP contribution in [-0.2, 0) is 9.53 Å². The van der Waals surface area contributed by atoms with Gasteiger partial charge in [0, 0.05) is 12.3 Å². The molecule has 17 heavy (non-hydrogen) atoms. The van der Waals surface area contributed by atoms with Gasteiger partial charge in [0.15, 0.2) is 0 Å². The minimum atomic E-state index is -0.294. The monoisotopic (exact) mass is 232 g/mol. The van der Waals surface area contributed by atoms with Crippen molar-refractivity contribution in [1.82, 2.24) is 0 Å². The molecule has 0 aliphatic heterocycles. The second kappa shape index (κ2) is 5.13. The predicted octanol–water partition coefficient (Wildman–Crippen LogP) is 2.60. The molecule has 0 amide bonds. The molecule has 0 heterocycles. The quantitative estimate of drug-likeness (QED) is 0.736. The highest BCUT2D eigenvalue weighted by molar-refractivity contribution is 5.89. The van der Waals surface area contributed by atoms with E-state index in [1.165, 1.54) is 0 Å². The number of esters is 1. The van der Waals surface area contributed by atoms with Gasteiger partial charge in [0.1, 0.15) is 11.9 Å². The van der Waals surface area contributed by atoms with E-state index in [0.29, 0.717) is 24.8 Å². The van der Waals surface area contributed by atoms with Gasteiger partial charge in [-0.2, -0.15) is 0 Å². The largest absolute Gasteiger partial charge is 0.459 e. The maximum absolute atomic E-state index is 11.8. The lowest BCUT2D eigenvalue weighted by Crippen LogP contribution is -2.29. The third-order valence-electron chi connectivity index (χ3n) is 3.16. The lowest BCUT2D eigenvalue weighted by atomic mass is 9.87. The van der Waals surface area contributed by atoms with Crippen molar-refractivity contribution >= 4 is 11.8 Å². The van der Waals surface area contributed by atoms with Crippen LogP contribution in [0.2, 0.25) is 0 Å². The Morgan fingerprint density at radius 3 is 2.65 bits per heavy atom. The average molecular weight is 232 g/mol. The molecule has 3 nitrogen and oxygen atoms in total. The van der Waals surface area contributed by atoms with Crippen LogP contribution < -0.4 is 0 Å². The van der Waals surface area contributed by atoms with E-state index in [1.54, 1.807) is 12.1 Å². The molecule has 1 aromatic rings. The van der Waals surface area contributed by atoms with Crippen molar-refractivity contribution in [3.05, 3.63) is 35.9 Å². The van der Waals surface area contributed by atoms with Crippen molar-refractivity contribution < 1.29 is 14.3 Å². The van der Waals surface area contributed by atoms with Crippen molar-refractivity contribution in [2.45, 2.75) is 32.3 Å². The smallest absolute Gasteiger partial charge is 0.338 e. The van der Waals surface area contributed by atoms with E-state index in [-0.39, 0.29) is 23.8 Å². The Morgan fingerprint density at radius 2 is 2.00 bits per heavy atom. The molecule has 0 N–H and O–H groups in total. The molecule has 1 saturated carbocycles. The molecular formula is C14H16O3. The van der Waals surface area contributed by atoms with E-state index in [0.717, 1.165) is 0 Å². The number of carbonyl (C=O) groups excluding carboxylic acids is 2. The van der Waals surface area contributed by atoms with Gasteiger partial charge in [-0.3, -0.25) is 4.79 Å². The van der Waals surface area contributed by atoms with Crippen molar-refractivity contribution in [3.8, 4) is 0 Å². The molecule has 0 spiro atoms. The number of hydrogen-bond donors (Lipinski definition) is 0. The summed E-state index contributed by atoms with van der Waals surface area (Å²) >= 11 is 0. The summed E-state index contributed by atoms with van der Waals surface area (Å²) in [7, 11) is 0. The van der Waals surface area contributed by atoms with Crippen LogP contribution in [0.15, 0.2) is 30.3 Å². The van der Waals surface area contributed by atoms with Gasteiger partial charge in [-0.1, -0.05) is 25.1 Å². The van der Waals surface area contributed by atoms with Gasteiger partial charge < -0.3 is 4.74 Å². The first-order chi connectivity index (χ1) is 8.16. The van der Waals surface area contributed by atoms with E-state index in [2.05, 4.69) is 0 Å². The highest BCUT2D eigenvalue weighted by atomic mass is 16.5. The molecule has 0 aromatic heterocycles. The van der Waals surface area contributed by atoms with Crippen LogP contribution in [-0.4, -0.2) is 17.9 Å². The molecule has 2 atom stereocenters. The molecule has 0 bridgehead atoms. The van der Waals surface area contributed by atoms with Gasteiger partial charge in [0.05, 0.1) is 5.56 Å². The molecule has 0 unspecified atom stereocenters. The number of ether oxygens (including phenoxy) is 1. The van der Waals surface area contributed by atoms with Crippen molar-refractivity contribution in [3.63, 3.8) is 0 Å². The van der Waals surface area contributed by atoms with E-state index >= 15 is 0 Å². The summed E-state index contributed by atoms with van der Waals surface area (Å²) in [5.74, 6) is -0.00789. The lowest BCUT2D eigenvalue weighted by molar-refractivity contribution is -0.126. The topological polar surface area (TPSA) is 43.4 Å². The number of rotatable bonds is 2. The molecule has 1 fully saturated rings. The van der Waals surface area contributed by atoms with E-state index in [4.69, 9.17) is 4.74 Å². The molecule has 2 rings (SSSR count). The Hall–Kier alpha value is -1.64. The molecular weight excluding hydrogens is 216 g/mol. The van der Waals surface area contributed by atoms with Crippen LogP contribution in [0.4, 0.5) is 0 Å². The number of benzene rings is 1. The van der Waals surface area contributed by atoms with E-state index in [9.17, 15) is 9.59 Å². The second-order valence-electron chi connectivity index (χ2n) is 4.54. The number of carbonyl (C=O) groups is 2. The van der Waals surface area contributed by atoms with E-state index < -0.39 is 0 Å². The van der Waals surface area contributed by atoms with Gasteiger partial charge in [-0.05, 0) is 25.0 Å². The molecule has 3 heteroatoms. The van der Waals surface area contributed by atoms with Crippen LogP contribution in [0.5, 0.6) is 0 Å². The maximum Gasteiger partial charge on any atom is 0.338 e. The Kier molecular flexibility index (Phi) is 3.57. The fourth-order valence-corrected chi connectivity index (χ4v) is 2.09. The lowest BCUT2D eigenvalue weighted by Gasteiger charge is -2.25. The minimum absolute atomic E-state index is 0.0114. The Bertz CT molecular complexity index is 411. The van der Waals surface area contributed by atoms with E-state index in [1.807, 2.05) is 25.1 Å². The molecule has 0 radical (unpaired) electrons. The standard InChI is InChI=1S/C14H16O3/c1-10-9-12(7-8-13(10)15)17-14(16)11-5-3-2-4-6-11/h2-6,10,12H,7-9H2,1H3/t10-,12-/m1/s1. The molecule has 0 saturated heterocycles. The van der Waals surface area contributed by atoms with Crippen molar-refractivity contribution in [2.24, 2.45) is 5.92 Å². The maximum atomic E-state index is 11.8. The zero-order valence-corrected chi connectivity index (χ0v) is 9.89. The Labute approximate surface area is 101 Å². The van der Waals surface area contributed by atoms with Gasteiger partial charge in [-0.25, -0.2) is 4.79 Å². The first-order valence-corrected chi connectivity index (χ1v) is 5.95. The number of Topliss-reactive ketones (excluding diaryl/α,β-unsaturated/α-hetero) is 1. The third kappa shape index (κ3) is 2.93. The normalized spacial score (nSPS) is 24.4.